The number of rotatable bonds is 6. The smallest absolute Gasteiger partial charge is 0.273 e. The molecule has 0 saturated heterocycles. The average Bonchev–Trinajstić information content (AvgIpc) is 3.06. The van der Waals surface area contributed by atoms with E-state index in [1.54, 1.807) is 37.3 Å². The molecule has 0 radical (unpaired) electrons. The van der Waals surface area contributed by atoms with Gasteiger partial charge in [0.15, 0.2) is 12.4 Å². The molecule has 0 saturated carbocycles. The Morgan fingerprint density at radius 2 is 2.08 bits per heavy atom. The molecule has 1 heterocycles. The highest BCUT2D eigenvalue weighted by Crippen LogP contribution is 2.19. The van der Waals surface area contributed by atoms with E-state index in [1.807, 2.05) is 0 Å². The number of hydrogen-bond donors (Lipinski definition) is 1. The Balaban J connectivity index is 1.63. The summed E-state index contributed by atoms with van der Waals surface area (Å²) in [4.78, 5) is 22.3. The molecular weight excluding hydrogens is 340 g/mol. The van der Waals surface area contributed by atoms with Gasteiger partial charge in [-0.1, -0.05) is 12.1 Å². The van der Waals surface area contributed by atoms with E-state index in [0.717, 1.165) is 0 Å². The summed E-state index contributed by atoms with van der Waals surface area (Å²) in [6, 6.07) is 12.6. The Kier molecular flexibility index (Phi) is 4.83. The summed E-state index contributed by atoms with van der Waals surface area (Å²) in [7, 11) is 0. The van der Waals surface area contributed by atoms with E-state index in [4.69, 9.17) is 4.74 Å². The number of aromatic nitrogens is 4. The summed E-state index contributed by atoms with van der Waals surface area (Å²) >= 11 is 0. The fraction of sp³-hybridized carbons (Fsp3) is 0.125. The van der Waals surface area contributed by atoms with Crippen LogP contribution in [0.2, 0.25) is 0 Å². The van der Waals surface area contributed by atoms with Crippen LogP contribution in [0.1, 0.15) is 5.82 Å². The van der Waals surface area contributed by atoms with Crippen LogP contribution >= 0.6 is 0 Å². The second-order valence-electron chi connectivity index (χ2n) is 5.28. The number of nitro benzene ring substituents is 1. The highest BCUT2D eigenvalue weighted by molar-refractivity contribution is 5.92. The van der Waals surface area contributed by atoms with Crippen molar-refractivity contribution in [3.8, 4) is 11.4 Å². The molecule has 2 aromatic carbocycles. The van der Waals surface area contributed by atoms with Crippen LogP contribution in [0, 0.1) is 17.0 Å². The third kappa shape index (κ3) is 3.98. The maximum absolute atomic E-state index is 12.1. The van der Waals surface area contributed by atoms with Crippen molar-refractivity contribution in [1.29, 1.82) is 0 Å². The molecule has 0 bridgehead atoms. The predicted octanol–water partition coefficient (Wildman–Crippen LogP) is 1.90. The molecule has 3 rings (SSSR count). The molecule has 132 valence electrons. The Morgan fingerprint density at radius 1 is 1.27 bits per heavy atom. The molecule has 0 aliphatic rings. The van der Waals surface area contributed by atoms with Gasteiger partial charge in [-0.25, -0.2) is 0 Å². The van der Waals surface area contributed by atoms with Crippen LogP contribution in [0.5, 0.6) is 5.75 Å². The van der Waals surface area contributed by atoms with Crippen molar-refractivity contribution >= 4 is 17.3 Å². The zero-order valence-electron chi connectivity index (χ0n) is 13.7. The second-order valence-corrected chi connectivity index (χ2v) is 5.28. The topological polar surface area (TPSA) is 125 Å². The zero-order valence-corrected chi connectivity index (χ0v) is 13.7. The lowest BCUT2D eigenvalue weighted by Crippen LogP contribution is -2.20. The fourth-order valence-electron chi connectivity index (χ4n) is 2.22. The predicted molar refractivity (Wildman–Crippen MR) is 91.1 cm³/mol. The van der Waals surface area contributed by atoms with Crippen LogP contribution in [-0.2, 0) is 4.79 Å². The van der Waals surface area contributed by atoms with Gasteiger partial charge in [0.05, 0.1) is 16.7 Å². The lowest BCUT2D eigenvalue weighted by atomic mass is 10.2. The Hall–Kier alpha value is -3.82. The standard InChI is InChI=1S/C16H14N6O4/c1-11-18-19-20-21(11)13-5-2-4-12(8-13)17-16(23)10-26-15-7-3-6-14(9-15)22(24)25/h2-9H,10H2,1H3,(H,17,23). The van der Waals surface area contributed by atoms with E-state index in [0.29, 0.717) is 17.2 Å². The average molecular weight is 354 g/mol. The summed E-state index contributed by atoms with van der Waals surface area (Å²) < 4.78 is 6.84. The highest BCUT2D eigenvalue weighted by Gasteiger charge is 2.09. The molecule has 0 aliphatic heterocycles. The number of carbonyl (C=O) groups excluding carboxylic acids is 1. The lowest BCUT2D eigenvalue weighted by molar-refractivity contribution is -0.384. The van der Waals surface area contributed by atoms with Gasteiger partial charge in [0, 0.05) is 11.8 Å². The number of aryl methyl sites for hydroxylation is 1. The molecule has 3 aromatic rings. The first-order chi connectivity index (χ1) is 12.5. The van der Waals surface area contributed by atoms with Crippen LogP contribution in [0.3, 0.4) is 0 Å². The normalized spacial score (nSPS) is 10.3. The first-order valence-electron chi connectivity index (χ1n) is 7.55. The molecule has 0 unspecified atom stereocenters. The fourth-order valence-corrected chi connectivity index (χ4v) is 2.22. The summed E-state index contributed by atoms with van der Waals surface area (Å²) in [5, 5.41) is 24.7. The SMILES string of the molecule is Cc1nnnn1-c1cccc(NC(=O)COc2cccc([N+](=O)[O-])c2)c1. The number of amides is 1. The van der Waals surface area contributed by atoms with E-state index in [1.165, 1.54) is 22.9 Å². The van der Waals surface area contributed by atoms with Gasteiger partial charge in [-0.05, 0) is 41.6 Å². The first-order valence-corrected chi connectivity index (χ1v) is 7.55. The van der Waals surface area contributed by atoms with Gasteiger partial charge < -0.3 is 10.1 Å². The van der Waals surface area contributed by atoms with E-state index >= 15 is 0 Å². The number of tetrazole rings is 1. The van der Waals surface area contributed by atoms with Crippen molar-refractivity contribution in [2.24, 2.45) is 0 Å². The minimum atomic E-state index is -0.528. The van der Waals surface area contributed by atoms with Crippen molar-refractivity contribution in [2.45, 2.75) is 6.92 Å². The van der Waals surface area contributed by atoms with Gasteiger partial charge in [-0.2, -0.15) is 4.68 Å². The third-order valence-electron chi connectivity index (χ3n) is 3.40. The monoisotopic (exact) mass is 354 g/mol. The number of anilines is 1. The second kappa shape index (κ2) is 7.38. The minimum Gasteiger partial charge on any atom is -0.484 e. The number of nitrogens with one attached hydrogen (secondary N) is 1. The van der Waals surface area contributed by atoms with E-state index in [9.17, 15) is 14.9 Å². The van der Waals surface area contributed by atoms with Crippen LogP contribution in [-0.4, -0.2) is 37.6 Å². The van der Waals surface area contributed by atoms with E-state index in [2.05, 4.69) is 20.8 Å². The van der Waals surface area contributed by atoms with Gasteiger partial charge in [0.25, 0.3) is 11.6 Å². The lowest BCUT2D eigenvalue weighted by Gasteiger charge is -2.09. The van der Waals surface area contributed by atoms with E-state index in [-0.39, 0.29) is 18.0 Å². The van der Waals surface area contributed by atoms with Crippen LogP contribution in [0.15, 0.2) is 48.5 Å². The molecule has 0 atom stereocenters. The van der Waals surface area contributed by atoms with Gasteiger partial charge in [-0.3, -0.25) is 14.9 Å². The highest BCUT2D eigenvalue weighted by atomic mass is 16.6. The number of carbonyl (C=O) groups is 1. The molecule has 0 aliphatic carbocycles. The minimum absolute atomic E-state index is 0.104. The van der Waals surface area contributed by atoms with Crippen molar-refractivity contribution in [3.05, 3.63) is 64.5 Å². The first kappa shape index (κ1) is 17.0. The largest absolute Gasteiger partial charge is 0.484 e. The quantitative estimate of drug-likeness (QED) is 0.529. The Labute approximate surface area is 147 Å². The summed E-state index contributed by atoms with van der Waals surface area (Å²) in [6.45, 7) is 1.48. The van der Waals surface area contributed by atoms with Crippen molar-refractivity contribution in [2.75, 3.05) is 11.9 Å². The molecule has 10 nitrogen and oxygen atoms in total. The van der Waals surface area contributed by atoms with Crippen LogP contribution < -0.4 is 10.1 Å². The number of hydrogen-bond acceptors (Lipinski definition) is 7. The number of nitrogens with zero attached hydrogens (tertiary/aromatic N) is 5. The van der Waals surface area contributed by atoms with Gasteiger partial charge >= 0.3 is 0 Å². The third-order valence-corrected chi connectivity index (χ3v) is 3.40. The van der Waals surface area contributed by atoms with E-state index < -0.39 is 10.8 Å². The van der Waals surface area contributed by atoms with Crippen LogP contribution in [0.4, 0.5) is 11.4 Å². The van der Waals surface area contributed by atoms with Gasteiger partial charge in [0.1, 0.15) is 5.75 Å². The molecule has 1 N–H and O–H groups in total. The van der Waals surface area contributed by atoms with Crippen molar-refractivity contribution < 1.29 is 14.5 Å². The van der Waals surface area contributed by atoms with Crippen molar-refractivity contribution in [1.82, 2.24) is 20.2 Å². The summed E-state index contributed by atoms with van der Waals surface area (Å²) in [5.41, 5.74) is 1.14. The molecule has 0 fully saturated rings. The maximum Gasteiger partial charge on any atom is 0.273 e. The zero-order chi connectivity index (χ0) is 18.5. The van der Waals surface area contributed by atoms with Crippen molar-refractivity contribution in [3.63, 3.8) is 0 Å². The molecular formula is C16H14N6O4. The maximum atomic E-state index is 12.1. The Bertz CT molecular complexity index is 955. The number of ether oxygens (including phenoxy) is 1. The number of benzene rings is 2. The van der Waals surface area contributed by atoms with Gasteiger partial charge in [-0.15, -0.1) is 5.10 Å². The molecule has 0 spiro atoms. The molecule has 10 heteroatoms. The van der Waals surface area contributed by atoms with Gasteiger partial charge in [0.2, 0.25) is 0 Å². The Morgan fingerprint density at radius 3 is 2.81 bits per heavy atom. The molecule has 26 heavy (non-hydrogen) atoms. The summed E-state index contributed by atoms with van der Waals surface area (Å²) in [6.07, 6.45) is 0. The molecule has 1 amide bonds. The molecule has 1 aromatic heterocycles. The summed E-state index contributed by atoms with van der Waals surface area (Å²) in [5.74, 6) is 0.456. The number of non-ortho nitro benzene ring substituents is 1. The van der Waals surface area contributed by atoms with Crippen LogP contribution in [0.25, 0.3) is 5.69 Å². The number of nitro groups is 1.